The van der Waals surface area contributed by atoms with Gasteiger partial charge in [-0.15, -0.1) is 0 Å². The summed E-state index contributed by atoms with van der Waals surface area (Å²) in [6, 6.07) is 6.23. The number of carbonyl (C=O) groups is 2. The lowest BCUT2D eigenvalue weighted by Gasteiger charge is -2.30. The van der Waals surface area contributed by atoms with Crippen LogP contribution in [0.2, 0.25) is 0 Å². The molecule has 0 atom stereocenters. The molecular formula is C16H20FNO3. The van der Waals surface area contributed by atoms with Gasteiger partial charge in [-0.2, -0.15) is 0 Å². The molecule has 1 aromatic rings. The first-order valence-electron chi connectivity index (χ1n) is 7.33. The lowest BCUT2D eigenvalue weighted by molar-refractivity contribution is -0.144. The molecule has 114 valence electrons. The zero-order chi connectivity index (χ0) is 15.4. The van der Waals surface area contributed by atoms with Crippen LogP contribution in [0.3, 0.4) is 0 Å². The SMILES string of the molecule is CCN(C(=O)C1CCC(C(=O)O)CC1)c1ccccc1F. The Labute approximate surface area is 123 Å². The minimum atomic E-state index is -0.789. The van der Waals surface area contributed by atoms with Crippen LogP contribution in [0.4, 0.5) is 10.1 Å². The van der Waals surface area contributed by atoms with Crippen LogP contribution < -0.4 is 4.90 Å². The van der Waals surface area contributed by atoms with Gasteiger partial charge in [-0.1, -0.05) is 12.1 Å². The largest absolute Gasteiger partial charge is 0.481 e. The van der Waals surface area contributed by atoms with E-state index in [1.54, 1.807) is 18.2 Å². The number of nitrogens with zero attached hydrogens (tertiary/aromatic N) is 1. The summed E-state index contributed by atoms with van der Waals surface area (Å²) in [4.78, 5) is 25.0. The molecule has 0 bridgehead atoms. The first kappa shape index (κ1) is 15.5. The number of benzene rings is 1. The minimum Gasteiger partial charge on any atom is -0.481 e. The Morgan fingerprint density at radius 1 is 1.19 bits per heavy atom. The molecule has 0 unspecified atom stereocenters. The molecule has 1 fully saturated rings. The first-order chi connectivity index (χ1) is 10.0. The summed E-state index contributed by atoms with van der Waals surface area (Å²) in [6.45, 7) is 2.21. The number of anilines is 1. The Kier molecular flexibility index (Phi) is 4.94. The van der Waals surface area contributed by atoms with Crippen molar-refractivity contribution in [3.05, 3.63) is 30.1 Å². The molecule has 0 radical (unpaired) electrons. The second kappa shape index (κ2) is 6.70. The van der Waals surface area contributed by atoms with Crippen molar-refractivity contribution in [3.63, 3.8) is 0 Å². The van der Waals surface area contributed by atoms with Crippen molar-refractivity contribution in [2.75, 3.05) is 11.4 Å². The number of carbonyl (C=O) groups excluding carboxylic acids is 1. The molecule has 0 aliphatic heterocycles. The fourth-order valence-corrected chi connectivity index (χ4v) is 2.92. The molecule has 1 aromatic carbocycles. The highest BCUT2D eigenvalue weighted by molar-refractivity contribution is 5.95. The van der Waals surface area contributed by atoms with E-state index in [1.165, 1.54) is 11.0 Å². The van der Waals surface area contributed by atoms with Gasteiger partial charge in [0, 0.05) is 12.5 Å². The summed E-state index contributed by atoms with van der Waals surface area (Å²) in [5, 5.41) is 8.99. The van der Waals surface area contributed by atoms with Crippen LogP contribution in [0.1, 0.15) is 32.6 Å². The van der Waals surface area contributed by atoms with Gasteiger partial charge in [0.25, 0.3) is 0 Å². The summed E-state index contributed by atoms with van der Waals surface area (Å²) < 4.78 is 13.9. The lowest BCUT2D eigenvalue weighted by atomic mass is 9.81. The number of rotatable bonds is 4. The third-order valence-corrected chi connectivity index (χ3v) is 4.15. The molecule has 4 nitrogen and oxygen atoms in total. The quantitative estimate of drug-likeness (QED) is 0.928. The Balaban J connectivity index is 2.08. The highest BCUT2D eigenvalue weighted by atomic mass is 19.1. The summed E-state index contributed by atoms with van der Waals surface area (Å²) in [5.74, 6) is -1.86. The fraction of sp³-hybridized carbons (Fsp3) is 0.500. The highest BCUT2D eigenvalue weighted by Crippen LogP contribution is 2.31. The Bertz CT molecular complexity index is 524. The number of para-hydroxylation sites is 1. The molecule has 0 heterocycles. The van der Waals surface area contributed by atoms with E-state index in [4.69, 9.17) is 5.11 Å². The molecule has 1 aliphatic carbocycles. The number of aliphatic carboxylic acids is 1. The second-order valence-electron chi connectivity index (χ2n) is 5.42. The van der Waals surface area contributed by atoms with E-state index in [2.05, 4.69) is 0 Å². The third kappa shape index (κ3) is 3.40. The van der Waals surface area contributed by atoms with Crippen molar-refractivity contribution in [1.82, 2.24) is 0 Å². The predicted molar refractivity (Wildman–Crippen MR) is 77.5 cm³/mol. The topological polar surface area (TPSA) is 57.6 Å². The van der Waals surface area contributed by atoms with Gasteiger partial charge in [-0.3, -0.25) is 9.59 Å². The van der Waals surface area contributed by atoms with Gasteiger partial charge in [-0.05, 0) is 44.7 Å². The van der Waals surface area contributed by atoms with Crippen LogP contribution in [0.25, 0.3) is 0 Å². The van der Waals surface area contributed by atoms with Crippen LogP contribution in [-0.4, -0.2) is 23.5 Å². The fourth-order valence-electron chi connectivity index (χ4n) is 2.92. The molecule has 1 saturated carbocycles. The molecule has 21 heavy (non-hydrogen) atoms. The average molecular weight is 293 g/mol. The molecule has 1 aliphatic rings. The van der Waals surface area contributed by atoms with Gasteiger partial charge in [-0.25, -0.2) is 4.39 Å². The maximum atomic E-state index is 13.9. The van der Waals surface area contributed by atoms with Gasteiger partial charge < -0.3 is 10.0 Å². The maximum Gasteiger partial charge on any atom is 0.306 e. The van der Waals surface area contributed by atoms with E-state index in [0.29, 0.717) is 37.9 Å². The molecule has 2 rings (SSSR count). The molecule has 0 saturated heterocycles. The van der Waals surface area contributed by atoms with Gasteiger partial charge in [0.1, 0.15) is 5.82 Å². The molecule has 5 heteroatoms. The van der Waals surface area contributed by atoms with Gasteiger partial charge in [0.15, 0.2) is 0 Å². The predicted octanol–water partition coefficient (Wildman–Crippen LogP) is 3.07. The Morgan fingerprint density at radius 2 is 1.76 bits per heavy atom. The van der Waals surface area contributed by atoms with Crippen molar-refractivity contribution in [1.29, 1.82) is 0 Å². The Hall–Kier alpha value is -1.91. The third-order valence-electron chi connectivity index (χ3n) is 4.15. The molecular weight excluding hydrogens is 273 g/mol. The van der Waals surface area contributed by atoms with Crippen molar-refractivity contribution in [2.45, 2.75) is 32.6 Å². The molecule has 0 spiro atoms. The van der Waals surface area contributed by atoms with E-state index >= 15 is 0 Å². The normalized spacial score (nSPS) is 21.8. The van der Waals surface area contributed by atoms with E-state index in [1.807, 2.05) is 6.92 Å². The zero-order valence-electron chi connectivity index (χ0n) is 12.1. The number of carboxylic acids is 1. The van der Waals surface area contributed by atoms with Gasteiger partial charge in [0.2, 0.25) is 5.91 Å². The molecule has 0 aromatic heterocycles. The maximum absolute atomic E-state index is 13.9. The monoisotopic (exact) mass is 293 g/mol. The van der Waals surface area contributed by atoms with Crippen molar-refractivity contribution >= 4 is 17.6 Å². The second-order valence-corrected chi connectivity index (χ2v) is 5.42. The minimum absolute atomic E-state index is 0.105. The standard InChI is InChI=1S/C16H20FNO3/c1-2-18(14-6-4-3-5-13(14)17)15(19)11-7-9-12(10-8-11)16(20)21/h3-6,11-12H,2,7-10H2,1H3,(H,20,21). The van der Waals surface area contributed by atoms with Gasteiger partial charge in [0.05, 0.1) is 11.6 Å². The number of carboxylic acid groups (broad SMARTS) is 1. The van der Waals surface area contributed by atoms with E-state index in [0.717, 1.165) is 0 Å². The number of amides is 1. The summed E-state index contributed by atoms with van der Waals surface area (Å²) in [6.07, 6.45) is 2.14. The average Bonchev–Trinajstić information content (AvgIpc) is 2.50. The van der Waals surface area contributed by atoms with Gasteiger partial charge >= 0.3 is 5.97 Å². The highest BCUT2D eigenvalue weighted by Gasteiger charge is 2.32. The zero-order valence-corrected chi connectivity index (χ0v) is 12.1. The number of hydrogen-bond donors (Lipinski definition) is 1. The van der Waals surface area contributed by atoms with Crippen LogP contribution in [0.15, 0.2) is 24.3 Å². The van der Waals surface area contributed by atoms with Crippen molar-refractivity contribution in [2.24, 2.45) is 11.8 Å². The van der Waals surface area contributed by atoms with E-state index < -0.39 is 11.8 Å². The summed E-state index contributed by atoms with van der Waals surface area (Å²) >= 11 is 0. The Morgan fingerprint density at radius 3 is 2.29 bits per heavy atom. The van der Waals surface area contributed by atoms with Crippen molar-refractivity contribution in [3.8, 4) is 0 Å². The number of hydrogen-bond acceptors (Lipinski definition) is 2. The van der Waals surface area contributed by atoms with E-state index in [9.17, 15) is 14.0 Å². The van der Waals surface area contributed by atoms with Crippen LogP contribution in [-0.2, 0) is 9.59 Å². The van der Waals surface area contributed by atoms with Crippen LogP contribution >= 0.6 is 0 Å². The summed E-state index contributed by atoms with van der Waals surface area (Å²) in [7, 11) is 0. The lowest BCUT2D eigenvalue weighted by Crippen LogP contribution is -2.38. The number of halogens is 1. The van der Waals surface area contributed by atoms with Crippen LogP contribution in [0, 0.1) is 17.7 Å². The molecule has 1 N–H and O–H groups in total. The van der Waals surface area contributed by atoms with Crippen molar-refractivity contribution < 1.29 is 19.1 Å². The molecule has 1 amide bonds. The van der Waals surface area contributed by atoms with Crippen LogP contribution in [0.5, 0.6) is 0 Å². The summed E-state index contributed by atoms with van der Waals surface area (Å²) in [5.41, 5.74) is 0.297. The van der Waals surface area contributed by atoms with E-state index in [-0.39, 0.29) is 17.7 Å². The first-order valence-corrected chi connectivity index (χ1v) is 7.33. The smallest absolute Gasteiger partial charge is 0.306 e.